The largest absolute Gasteiger partial charge is 0.392 e. The Kier molecular flexibility index (Phi) is 4.42. The number of hydrogen-bond donors (Lipinski definition) is 2. The van der Waals surface area contributed by atoms with E-state index in [1.165, 1.54) is 6.42 Å². The monoisotopic (exact) mass is 242 g/mol. The maximum absolute atomic E-state index is 10.1. The van der Waals surface area contributed by atoms with E-state index < -0.39 is 0 Å². The highest BCUT2D eigenvalue weighted by Gasteiger charge is 2.39. The Morgan fingerprint density at radius 1 is 1.18 bits per heavy atom. The number of likely N-dealkylation sites (N-methyl/N-ethyl adjacent to an activating group) is 1. The molecular formula is C13H26N2O2. The summed E-state index contributed by atoms with van der Waals surface area (Å²) in [5.41, 5.74) is 0. The lowest BCUT2D eigenvalue weighted by Crippen LogP contribution is -2.50. The van der Waals surface area contributed by atoms with E-state index in [1.807, 2.05) is 0 Å². The standard InChI is InChI=1S/C13H26N2O2/c1-14(2)8-10-7-11(16)9-15(10)12-5-3-4-6-13(12)17/h10-13,16-17H,3-9H2,1-2H3/t10?,11?,12-,13-/m0/s1. The van der Waals surface area contributed by atoms with E-state index in [-0.39, 0.29) is 18.2 Å². The summed E-state index contributed by atoms with van der Waals surface area (Å²) in [5, 5.41) is 20.0. The topological polar surface area (TPSA) is 46.9 Å². The molecule has 4 atom stereocenters. The molecule has 1 saturated carbocycles. The predicted octanol–water partition coefficient (Wildman–Crippen LogP) is 0.287. The molecule has 2 rings (SSSR count). The van der Waals surface area contributed by atoms with Gasteiger partial charge in [-0.05, 0) is 33.4 Å². The van der Waals surface area contributed by atoms with Gasteiger partial charge in [0.05, 0.1) is 12.2 Å². The number of rotatable bonds is 3. The van der Waals surface area contributed by atoms with Crippen molar-refractivity contribution in [1.82, 2.24) is 9.80 Å². The van der Waals surface area contributed by atoms with Crippen molar-refractivity contribution >= 4 is 0 Å². The Labute approximate surface area is 104 Å². The van der Waals surface area contributed by atoms with Crippen LogP contribution in [0.2, 0.25) is 0 Å². The lowest BCUT2D eigenvalue weighted by Gasteiger charge is -2.39. The second-order valence-electron chi connectivity index (χ2n) is 5.92. The average molecular weight is 242 g/mol. The van der Waals surface area contributed by atoms with E-state index >= 15 is 0 Å². The van der Waals surface area contributed by atoms with Crippen molar-refractivity contribution in [2.45, 2.75) is 56.4 Å². The first-order valence-corrected chi connectivity index (χ1v) is 6.84. The summed E-state index contributed by atoms with van der Waals surface area (Å²) in [6.45, 7) is 1.71. The lowest BCUT2D eigenvalue weighted by atomic mass is 9.91. The van der Waals surface area contributed by atoms with E-state index in [0.717, 1.165) is 38.8 Å². The molecule has 0 radical (unpaired) electrons. The highest BCUT2D eigenvalue weighted by molar-refractivity contribution is 4.94. The fourth-order valence-corrected chi connectivity index (χ4v) is 3.40. The summed E-state index contributed by atoms with van der Waals surface area (Å²) in [6.07, 6.45) is 4.80. The first kappa shape index (κ1) is 13.3. The summed E-state index contributed by atoms with van der Waals surface area (Å²) in [7, 11) is 4.14. The van der Waals surface area contributed by atoms with Crippen LogP contribution in [0.5, 0.6) is 0 Å². The van der Waals surface area contributed by atoms with Gasteiger partial charge in [0.15, 0.2) is 0 Å². The van der Waals surface area contributed by atoms with Gasteiger partial charge < -0.3 is 15.1 Å². The molecule has 1 aliphatic heterocycles. The van der Waals surface area contributed by atoms with Crippen LogP contribution < -0.4 is 0 Å². The van der Waals surface area contributed by atoms with Crippen LogP contribution >= 0.6 is 0 Å². The first-order valence-electron chi connectivity index (χ1n) is 6.84. The molecule has 2 aliphatic rings. The first-order chi connectivity index (χ1) is 8.08. The predicted molar refractivity (Wildman–Crippen MR) is 67.9 cm³/mol. The summed E-state index contributed by atoms with van der Waals surface area (Å²) in [6, 6.07) is 0.670. The SMILES string of the molecule is CN(C)CC1CC(O)CN1[C@H]1CCCC[C@@H]1O. The van der Waals surface area contributed by atoms with Gasteiger partial charge >= 0.3 is 0 Å². The van der Waals surface area contributed by atoms with Crippen molar-refractivity contribution in [3.63, 3.8) is 0 Å². The number of aliphatic hydroxyl groups excluding tert-OH is 2. The van der Waals surface area contributed by atoms with Gasteiger partial charge in [0, 0.05) is 25.2 Å². The van der Waals surface area contributed by atoms with Crippen LogP contribution in [-0.2, 0) is 0 Å². The Bertz CT molecular complexity index is 248. The van der Waals surface area contributed by atoms with Gasteiger partial charge in [0.25, 0.3) is 0 Å². The molecule has 0 aromatic carbocycles. The molecule has 0 spiro atoms. The molecule has 17 heavy (non-hydrogen) atoms. The van der Waals surface area contributed by atoms with Crippen LogP contribution in [-0.4, -0.2) is 71.5 Å². The molecule has 100 valence electrons. The summed E-state index contributed by atoms with van der Waals surface area (Å²) >= 11 is 0. The lowest BCUT2D eigenvalue weighted by molar-refractivity contribution is 0.00605. The molecule has 0 bridgehead atoms. The van der Waals surface area contributed by atoms with Gasteiger partial charge in [-0.3, -0.25) is 4.90 Å². The third-order valence-electron chi connectivity index (χ3n) is 4.13. The molecular weight excluding hydrogens is 216 g/mol. The van der Waals surface area contributed by atoms with Crippen LogP contribution in [0.25, 0.3) is 0 Å². The minimum absolute atomic E-state index is 0.196. The zero-order valence-corrected chi connectivity index (χ0v) is 11.0. The number of nitrogens with zero attached hydrogens (tertiary/aromatic N) is 2. The zero-order valence-electron chi connectivity index (χ0n) is 11.0. The maximum Gasteiger partial charge on any atom is 0.0695 e. The summed E-state index contributed by atoms with van der Waals surface area (Å²) < 4.78 is 0. The molecule has 0 amide bonds. The normalized spacial score (nSPS) is 40.1. The second-order valence-corrected chi connectivity index (χ2v) is 5.92. The number of likely N-dealkylation sites (tertiary alicyclic amines) is 1. The van der Waals surface area contributed by atoms with Crippen molar-refractivity contribution in [2.75, 3.05) is 27.2 Å². The van der Waals surface area contributed by atoms with E-state index in [1.54, 1.807) is 0 Å². The molecule has 4 heteroatoms. The maximum atomic E-state index is 10.1. The van der Waals surface area contributed by atoms with Crippen LogP contribution in [0.3, 0.4) is 0 Å². The third kappa shape index (κ3) is 3.19. The Hall–Kier alpha value is -0.160. The van der Waals surface area contributed by atoms with Gasteiger partial charge in [-0.25, -0.2) is 0 Å². The van der Waals surface area contributed by atoms with Crippen LogP contribution in [0, 0.1) is 0 Å². The number of hydrogen-bond acceptors (Lipinski definition) is 4. The van der Waals surface area contributed by atoms with Crippen molar-refractivity contribution in [1.29, 1.82) is 0 Å². The van der Waals surface area contributed by atoms with Crippen molar-refractivity contribution < 1.29 is 10.2 Å². The fraction of sp³-hybridized carbons (Fsp3) is 1.00. The molecule has 1 heterocycles. The smallest absolute Gasteiger partial charge is 0.0695 e. The van der Waals surface area contributed by atoms with Crippen LogP contribution in [0.4, 0.5) is 0 Å². The zero-order chi connectivity index (χ0) is 12.4. The molecule has 1 aliphatic carbocycles. The van der Waals surface area contributed by atoms with E-state index in [9.17, 15) is 10.2 Å². The molecule has 1 saturated heterocycles. The van der Waals surface area contributed by atoms with Crippen molar-refractivity contribution in [3.8, 4) is 0 Å². The van der Waals surface area contributed by atoms with Crippen LogP contribution in [0.1, 0.15) is 32.1 Å². The third-order valence-corrected chi connectivity index (χ3v) is 4.13. The summed E-state index contributed by atoms with van der Waals surface area (Å²) in [4.78, 5) is 4.53. The Balaban J connectivity index is 2.00. The fourth-order valence-electron chi connectivity index (χ4n) is 3.40. The van der Waals surface area contributed by atoms with Crippen LogP contribution in [0.15, 0.2) is 0 Å². The highest BCUT2D eigenvalue weighted by atomic mass is 16.3. The molecule has 2 N–H and O–H groups in total. The minimum atomic E-state index is -0.214. The van der Waals surface area contributed by atoms with E-state index in [0.29, 0.717) is 6.04 Å². The Morgan fingerprint density at radius 3 is 2.53 bits per heavy atom. The molecule has 4 nitrogen and oxygen atoms in total. The van der Waals surface area contributed by atoms with E-state index in [2.05, 4.69) is 23.9 Å². The molecule has 2 unspecified atom stereocenters. The van der Waals surface area contributed by atoms with Gasteiger partial charge in [0.2, 0.25) is 0 Å². The van der Waals surface area contributed by atoms with Gasteiger partial charge in [-0.1, -0.05) is 12.8 Å². The van der Waals surface area contributed by atoms with E-state index in [4.69, 9.17) is 0 Å². The van der Waals surface area contributed by atoms with Gasteiger partial charge in [-0.15, -0.1) is 0 Å². The Morgan fingerprint density at radius 2 is 1.88 bits per heavy atom. The summed E-state index contributed by atoms with van der Waals surface area (Å²) in [5.74, 6) is 0. The molecule has 0 aromatic heterocycles. The second kappa shape index (κ2) is 5.65. The van der Waals surface area contributed by atoms with Crippen molar-refractivity contribution in [3.05, 3.63) is 0 Å². The van der Waals surface area contributed by atoms with Gasteiger partial charge in [-0.2, -0.15) is 0 Å². The quantitative estimate of drug-likeness (QED) is 0.746. The minimum Gasteiger partial charge on any atom is -0.392 e. The molecule has 2 fully saturated rings. The van der Waals surface area contributed by atoms with Gasteiger partial charge in [0.1, 0.15) is 0 Å². The van der Waals surface area contributed by atoms with Crippen molar-refractivity contribution in [2.24, 2.45) is 0 Å². The number of β-amino-alcohol motifs (C(OH)–C–C–N with tert-alkyl or cyclic N) is 1. The number of aliphatic hydroxyl groups is 2. The highest BCUT2D eigenvalue weighted by Crippen LogP contribution is 2.29. The average Bonchev–Trinajstić information content (AvgIpc) is 2.59. The molecule has 0 aromatic rings.